The van der Waals surface area contributed by atoms with E-state index >= 15 is 0 Å². The quantitative estimate of drug-likeness (QED) is 0.601. The Morgan fingerprint density at radius 2 is 1.52 bits per heavy atom. The maximum Gasteiger partial charge on any atom is 0.194 e. The Balaban J connectivity index is 2.38. The van der Waals surface area contributed by atoms with Gasteiger partial charge in [0.2, 0.25) is 0 Å². The molecule has 0 saturated heterocycles. The Hall–Kier alpha value is -2.70. The molecule has 0 aliphatic carbocycles. The van der Waals surface area contributed by atoms with Gasteiger partial charge in [0.15, 0.2) is 23.2 Å². The molecule has 2 aromatic carbocycles. The van der Waals surface area contributed by atoms with Gasteiger partial charge in [-0.3, -0.25) is 4.79 Å². The van der Waals surface area contributed by atoms with Crippen LogP contribution in [0.15, 0.2) is 24.3 Å². The van der Waals surface area contributed by atoms with E-state index < -0.39 is 58.0 Å². The van der Waals surface area contributed by atoms with Crippen LogP contribution in [0.3, 0.4) is 0 Å². The van der Waals surface area contributed by atoms with Crippen LogP contribution in [0.1, 0.15) is 15.9 Å². The average molecular weight is 298 g/mol. The molecule has 0 amide bonds. The van der Waals surface area contributed by atoms with Crippen molar-refractivity contribution in [2.24, 2.45) is 0 Å². The van der Waals surface area contributed by atoms with Crippen molar-refractivity contribution >= 4 is 5.78 Å². The van der Waals surface area contributed by atoms with Crippen molar-refractivity contribution in [1.29, 1.82) is 0 Å². The van der Waals surface area contributed by atoms with E-state index in [1.54, 1.807) is 0 Å². The summed E-state index contributed by atoms with van der Waals surface area (Å²) in [5, 5.41) is 28.2. The predicted octanol–water partition coefficient (Wildman–Crippen LogP) is 2.65. The van der Waals surface area contributed by atoms with Gasteiger partial charge < -0.3 is 15.3 Å². The van der Waals surface area contributed by atoms with Crippen LogP contribution in [-0.2, 0) is 6.42 Å². The van der Waals surface area contributed by atoms with E-state index in [0.29, 0.717) is 6.07 Å². The summed E-state index contributed by atoms with van der Waals surface area (Å²) in [4.78, 5) is 11.9. The van der Waals surface area contributed by atoms with Gasteiger partial charge in [-0.2, -0.15) is 0 Å². The van der Waals surface area contributed by atoms with Crippen LogP contribution in [0.2, 0.25) is 0 Å². The van der Waals surface area contributed by atoms with E-state index in [2.05, 4.69) is 0 Å². The summed E-state index contributed by atoms with van der Waals surface area (Å²) in [5.41, 5.74) is -0.970. The monoisotopic (exact) mass is 298 g/mol. The van der Waals surface area contributed by atoms with Gasteiger partial charge in [-0.1, -0.05) is 6.07 Å². The van der Waals surface area contributed by atoms with Crippen molar-refractivity contribution in [3.8, 4) is 17.2 Å². The maximum atomic E-state index is 13.5. The van der Waals surface area contributed by atoms with Gasteiger partial charge in [-0.05, 0) is 11.6 Å². The van der Waals surface area contributed by atoms with Gasteiger partial charge in [0.1, 0.15) is 22.8 Å². The summed E-state index contributed by atoms with van der Waals surface area (Å²) in [6.07, 6.45) is -0.699. The highest BCUT2D eigenvalue weighted by Gasteiger charge is 2.21. The Labute approximate surface area is 116 Å². The third kappa shape index (κ3) is 2.76. The molecular weight excluding hydrogens is 289 g/mol. The van der Waals surface area contributed by atoms with Crippen LogP contribution in [0.4, 0.5) is 13.2 Å². The van der Waals surface area contributed by atoms with Gasteiger partial charge in [0.25, 0.3) is 0 Å². The zero-order valence-electron chi connectivity index (χ0n) is 10.4. The van der Waals surface area contributed by atoms with Gasteiger partial charge in [0, 0.05) is 18.6 Å². The van der Waals surface area contributed by atoms with Gasteiger partial charge in [-0.15, -0.1) is 0 Å². The summed E-state index contributed by atoms with van der Waals surface area (Å²) in [7, 11) is 0. The number of benzene rings is 2. The molecule has 0 heterocycles. The largest absolute Gasteiger partial charge is 0.508 e. The highest BCUT2D eigenvalue weighted by Crippen LogP contribution is 2.33. The third-order valence-electron chi connectivity index (χ3n) is 2.83. The second kappa shape index (κ2) is 5.35. The number of carbonyl (C=O) groups excluding carboxylic acids is 1. The topological polar surface area (TPSA) is 77.8 Å². The van der Waals surface area contributed by atoms with Gasteiger partial charge in [-0.25, -0.2) is 13.2 Å². The SMILES string of the molecule is O=C(Cc1ccc(F)c(F)c1F)c1c(O)cc(O)cc1O. The van der Waals surface area contributed by atoms with E-state index in [4.69, 9.17) is 5.11 Å². The lowest BCUT2D eigenvalue weighted by molar-refractivity contribution is 0.0986. The molecule has 3 N–H and O–H groups in total. The molecule has 0 aromatic heterocycles. The first kappa shape index (κ1) is 14.7. The number of halogens is 3. The number of aromatic hydroxyl groups is 3. The van der Waals surface area contributed by atoms with Crippen molar-refractivity contribution in [2.45, 2.75) is 6.42 Å². The van der Waals surface area contributed by atoms with Crippen LogP contribution in [0, 0.1) is 17.5 Å². The summed E-state index contributed by atoms with van der Waals surface area (Å²) in [5.74, 6) is -7.42. The molecule has 0 aliphatic heterocycles. The predicted molar refractivity (Wildman–Crippen MR) is 65.8 cm³/mol. The normalized spacial score (nSPS) is 10.6. The molecule has 0 atom stereocenters. The molecule has 7 heteroatoms. The molecule has 0 radical (unpaired) electrons. The minimum absolute atomic E-state index is 0.425. The Kier molecular flexibility index (Phi) is 3.75. The van der Waals surface area contributed by atoms with Crippen LogP contribution in [0.25, 0.3) is 0 Å². The van der Waals surface area contributed by atoms with Crippen molar-refractivity contribution in [3.05, 3.63) is 52.8 Å². The number of phenols is 3. The molecule has 21 heavy (non-hydrogen) atoms. The fourth-order valence-electron chi connectivity index (χ4n) is 1.85. The lowest BCUT2D eigenvalue weighted by atomic mass is 10.0. The number of carbonyl (C=O) groups is 1. The first-order valence-electron chi connectivity index (χ1n) is 5.71. The molecule has 2 aromatic rings. The molecule has 0 unspecified atom stereocenters. The van der Waals surface area contributed by atoms with Crippen molar-refractivity contribution in [1.82, 2.24) is 0 Å². The van der Waals surface area contributed by atoms with Crippen molar-refractivity contribution in [3.63, 3.8) is 0 Å². The third-order valence-corrected chi connectivity index (χ3v) is 2.83. The first-order chi connectivity index (χ1) is 9.81. The zero-order valence-corrected chi connectivity index (χ0v) is 10.4. The fraction of sp³-hybridized carbons (Fsp3) is 0.0714. The average Bonchev–Trinajstić information content (AvgIpc) is 2.38. The second-order valence-corrected chi connectivity index (χ2v) is 4.29. The van der Waals surface area contributed by atoms with E-state index in [-0.39, 0.29) is 0 Å². The molecule has 0 fully saturated rings. The van der Waals surface area contributed by atoms with E-state index in [1.165, 1.54) is 0 Å². The lowest BCUT2D eigenvalue weighted by Crippen LogP contribution is -2.08. The highest BCUT2D eigenvalue weighted by atomic mass is 19.2. The minimum Gasteiger partial charge on any atom is -0.508 e. The zero-order chi connectivity index (χ0) is 15.7. The summed E-state index contributed by atoms with van der Waals surface area (Å²) >= 11 is 0. The molecule has 110 valence electrons. The fourth-order valence-corrected chi connectivity index (χ4v) is 1.85. The molecule has 0 bridgehead atoms. The molecule has 0 saturated carbocycles. The number of rotatable bonds is 3. The number of ketones is 1. The number of phenolic OH excluding ortho intramolecular Hbond substituents is 3. The van der Waals surface area contributed by atoms with Crippen LogP contribution in [0.5, 0.6) is 17.2 Å². The van der Waals surface area contributed by atoms with Gasteiger partial charge >= 0.3 is 0 Å². The molecule has 0 spiro atoms. The number of hydrogen-bond acceptors (Lipinski definition) is 4. The summed E-state index contributed by atoms with van der Waals surface area (Å²) < 4.78 is 39.3. The Morgan fingerprint density at radius 3 is 2.10 bits per heavy atom. The minimum atomic E-state index is -1.71. The van der Waals surface area contributed by atoms with E-state index in [0.717, 1.165) is 18.2 Å². The highest BCUT2D eigenvalue weighted by molar-refractivity contribution is 6.02. The van der Waals surface area contributed by atoms with Gasteiger partial charge in [0.05, 0.1) is 0 Å². The lowest BCUT2D eigenvalue weighted by Gasteiger charge is -2.08. The van der Waals surface area contributed by atoms with Crippen LogP contribution < -0.4 is 0 Å². The van der Waals surface area contributed by atoms with E-state index in [9.17, 15) is 28.2 Å². The molecule has 4 nitrogen and oxygen atoms in total. The Morgan fingerprint density at radius 1 is 0.952 bits per heavy atom. The standard InChI is InChI=1S/C14H9F3O4/c15-8-2-1-6(13(16)14(8)17)3-9(19)12-10(20)4-7(18)5-11(12)21/h1-2,4-5,18,20-21H,3H2. The maximum absolute atomic E-state index is 13.5. The first-order valence-corrected chi connectivity index (χ1v) is 5.71. The smallest absolute Gasteiger partial charge is 0.194 e. The number of hydrogen-bond donors (Lipinski definition) is 3. The van der Waals surface area contributed by atoms with E-state index in [1.807, 2.05) is 0 Å². The van der Waals surface area contributed by atoms with Crippen LogP contribution >= 0.6 is 0 Å². The Bertz CT molecular complexity index is 705. The molecule has 0 aliphatic rings. The summed E-state index contributed by atoms with van der Waals surface area (Å²) in [6, 6.07) is 3.18. The second-order valence-electron chi connectivity index (χ2n) is 4.29. The van der Waals surface area contributed by atoms with Crippen LogP contribution in [-0.4, -0.2) is 21.1 Å². The van der Waals surface area contributed by atoms with Crippen molar-refractivity contribution in [2.75, 3.05) is 0 Å². The molecular formula is C14H9F3O4. The van der Waals surface area contributed by atoms with Crippen molar-refractivity contribution < 1.29 is 33.3 Å². The summed E-state index contributed by atoms with van der Waals surface area (Å²) in [6.45, 7) is 0. The molecule has 2 rings (SSSR count). The number of Topliss-reactive ketones (excluding diaryl/α,β-unsaturated/α-hetero) is 1.